The van der Waals surface area contributed by atoms with Crippen molar-refractivity contribution in [2.45, 2.75) is 6.42 Å². The Balaban J connectivity index is 1.82. The number of hydrogen-bond acceptors (Lipinski definition) is 1. The molecule has 2 heteroatoms. The third kappa shape index (κ3) is 3.28. The molecular weight excluding hydrogens is 218 g/mol. The summed E-state index contributed by atoms with van der Waals surface area (Å²) in [6.45, 7) is 0.922. The van der Waals surface area contributed by atoms with Gasteiger partial charge in [-0.1, -0.05) is 35.9 Å². The second-order valence-corrected chi connectivity index (χ2v) is 4.03. The number of halogens is 1. The van der Waals surface area contributed by atoms with E-state index in [1.807, 2.05) is 36.4 Å². The van der Waals surface area contributed by atoms with Crippen molar-refractivity contribution in [3.8, 4) is 0 Å². The molecule has 1 nitrogen and oxygen atoms in total. The molecule has 0 unspecified atom stereocenters. The van der Waals surface area contributed by atoms with Crippen molar-refractivity contribution in [2.24, 2.45) is 0 Å². The summed E-state index contributed by atoms with van der Waals surface area (Å²) < 4.78 is 0. The van der Waals surface area contributed by atoms with Crippen molar-refractivity contribution < 1.29 is 0 Å². The second-order valence-electron chi connectivity index (χ2n) is 3.59. The molecule has 0 spiro atoms. The average molecular weight is 231 g/mol. The van der Waals surface area contributed by atoms with Crippen LogP contribution in [-0.4, -0.2) is 6.54 Å². The van der Waals surface area contributed by atoms with Gasteiger partial charge in [-0.25, -0.2) is 0 Å². The Morgan fingerprint density at radius 2 is 1.69 bits per heavy atom. The molecule has 0 aliphatic rings. The van der Waals surface area contributed by atoms with Gasteiger partial charge in [0.15, 0.2) is 0 Å². The topological polar surface area (TPSA) is 12.0 Å². The first kappa shape index (κ1) is 11.0. The summed E-state index contributed by atoms with van der Waals surface area (Å²) in [6, 6.07) is 18.8. The van der Waals surface area contributed by atoms with Crippen molar-refractivity contribution in [2.75, 3.05) is 11.9 Å². The molecule has 16 heavy (non-hydrogen) atoms. The maximum atomic E-state index is 5.82. The maximum absolute atomic E-state index is 5.82. The van der Waals surface area contributed by atoms with Crippen LogP contribution in [0.25, 0.3) is 0 Å². The number of anilines is 1. The van der Waals surface area contributed by atoms with Gasteiger partial charge in [0, 0.05) is 17.3 Å². The molecule has 1 radical (unpaired) electrons. The molecule has 2 aromatic rings. The van der Waals surface area contributed by atoms with E-state index >= 15 is 0 Å². The van der Waals surface area contributed by atoms with Gasteiger partial charge in [-0.15, -0.1) is 0 Å². The quantitative estimate of drug-likeness (QED) is 0.843. The van der Waals surface area contributed by atoms with E-state index in [9.17, 15) is 0 Å². The molecule has 2 aromatic carbocycles. The van der Waals surface area contributed by atoms with Crippen LogP contribution in [-0.2, 0) is 6.42 Å². The van der Waals surface area contributed by atoms with Crippen LogP contribution in [0.5, 0.6) is 0 Å². The standard InChI is InChI=1S/C14H13ClN/c15-13-8-6-12(7-9-13)10-11-16-14-4-2-1-3-5-14/h2-9,16H,10-11H2. The second kappa shape index (κ2) is 5.57. The van der Waals surface area contributed by atoms with E-state index in [-0.39, 0.29) is 0 Å². The number of rotatable bonds is 4. The molecule has 0 aliphatic carbocycles. The summed E-state index contributed by atoms with van der Waals surface area (Å²) in [5.41, 5.74) is 2.42. The Labute approximate surface area is 101 Å². The van der Waals surface area contributed by atoms with Gasteiger partial charge in [0.25, 0.3) is 0 Å². The minimum atomic E-state index is 0.787. The van der Waals surface area contributed by atoms with Gasteiger partial charge >= 0.3 is 0 Å². The normalized spacial score (nSPS) is 10.1. The molecule has 81 valence electrons. The number of benzene rings is 2. The zero-order valence-electron chi connectivity index (χ0n) is 8.91. The lowest BCUT2D eigenvalue weighted by Crippen LogP contribution is -2.04. The molecule has 0 saturated carbocycles. The molecule has 0 bridgehead atoms. The molecule has 0 saturated heterocycles. The van der Waals surface area contributed by atoms with Gasteiger partial charge in [-0.3, -0.25) is 0 Å². The maximum Gasteiger partial charge on any atom is 0.0406 e. The lowest BCUT2D eigenvalue weighted by molar-refractivity contribution is 1.02. The Kier molecular flexibility index (Phi) is 3.84. The van der Waals surface area contributed by atoms with E-state index in [1.165, 1.54) is 5.56 Å². The van der Waals surface area contributed by atoms with E-state index in [0.717, 1.165) is 23.7 Å². The molecule has 0 fully saturated rings. The van der Waals surface area contributed by atoms with E-state index in [1.54, 1.807) is 0 Å². The molecule has 0 aliphatic heterocycles. The van der Waals surface area contributed by atoms with Gasteiger partial charge in [0.05, 0.1) is 0 Å². The molecule has 2 rings (SSSR count). The van der Waals surface area contributed by atoms with Crippen LogP contribution in [0.4, 0.5) is 5.69 Å². The molecule has 0 atom stereocenters. The van der Waals surface area contributed by atoms with Crippen LogP contribution < -0.4 is 5.32 Å². The summed E-state index contributed by atoms with van der Waals surface area (Å²) in [5.74, 6) is 0. The lowest BCUT2D eigenvalue weighted by atomic mass is 10.1. The van der Waals surface area contributed by atoms with E-state index in [2.05, 4.69) is 23.5 Å². The Bertz CT molecular complexity index is 422. The summed E-state index contributed by atoms with van der Waals surface area (Å²) in [6.07, 6.45) is 0.996. The van der Waals surface area contributed by atoms with Gasteiger partial charge < -0.3 is 5.32 Å². The first-order chi connectivity index (χ1) is 7.84. The van der Waals surface area contributed by atoms with Crippen LogP contribution >= 0.6 is 11.6 Å². The van der Waals surface area contributed by atoms with Crippen LogP contribution in [0.15, 0.2) is 48.5 Å². The fraction of sp³-hybridized carbons (Fsp3) is 0.143. The van der Waals surface area contributed by atoms with Crippen LogP contribution in [0.3, 0.4) is 0 Å². The van der Waals surface area contributed by atoms with Gasteiger partial charge in [-0.05, 0) is 42.3 Å². The Hall–Kier alpha value is -1.47. The first-order valence-electron chi connectivity index (χ1n) is 5.29. The predicted molar refractivity (Wildman–Crippen MR) is 68.9 cm³/mol. The van der Waals surface area contributed by atoms with E-state index < -0.39 is 0 Å². The third-order valence-corrected chi connectivity index (χ3v) is 2.63. The minimum absolute atomic E-state index is 0.787. The fourth-order valence-corrected chi connectivity index (χ4v) is 1.63. The van der Waals surface area contributed by atoms with Crippen LogP contribution in [0.1, 0.15) is 5.56 Å². The van der Waals surface area contributed by atoms with Gasteiger partial charge in [-0.2, -0.15) is 0 Å². The smallest absolute Gasteiger partial charge is 0.0406 e. The molecule has 0 amide bonds. The van der Waals surface area contributed by atoms with Crippen molar-refractivity contribution >= 4 is 17.3 Å². The summed E-state index contributed by atoms with van der Waals surface area (Å²) in [5, 5.41) is 4.14. The molecule has 1 N–H and O–H groups in total. The highest BCUT2D eigenvalue weighted by atomic mass is 35.5. The Morgan fingerprint density at radius 1 is 1.00 bits per heavy atom. The minimum Gasteiger partial charge on any atom is -0.385 e. The highest BCUT2D eigenvalue weighted by Crippen LogP contribution is 2.10. The van der Waals surface area contributed by atoms with Crippen molar-refractivity contribution in [3.05, 3.63) is 65.2 Å². The largest absolute Gasteiger partial charge is 0.385 e. The number of hydrogen-bond donors (Lipinski definition) is 1. The summed E-state index contributed by atoms with van der Waals surface area (Å²) >= 11 is 5.82. The van der Waals surface area contributed by atoms with Crippen molar-refractivity contribution in [1.29, 1.82) is 0 Å². The van der Waals surface area contributed by atoms with Crippen LogP contribution in [0.2, 0.25) is 5.02 Å². The zero-order valence-corrected chi connectivity index (χ0v) is 9.67. The SMILES string of the molecule is Clc1ccc(CCNc2cc[c]cc2)cc1. The monoisotopic (exact) mass is 230 g/mol. The highest BCUT2D eigenvalue weighted by Gasteiger charge is 1.93. The van der Waals surface area contributed by atoms with E-state index in [0.29, 0.717) is 0 Å². The van der Waals surface area contributed by atoms with Gasteiger partial charge in [0.1, 0.15) is 0 Å². The first-order valence-corrected chi connectivity index (χ1v) is 5.67. The molecule has 0 aromatic heterocycles. The number of nitrogens with one attached hydrogen (secondary N) is 1. The van der Waals surface area contributed by atoms with Crippen molar-refractivity contribution in [1.82, 2.24) is 0 Å². The fourth-order valence-electron chi connectivity index (χ4n) is 1.51. The van der Waals surface area contributed by atoms with Crippen LogP contribution in [0, 0.1) is 6.07 Å². The third-order valence-electron chi connectivity index (χ3n) is 2.37. The Morgan fingerprint density at radius 3 is 2.38 bits per heavy atom. The summed E-state index contributed by atoms with van der Waals surface area (Å²) in [7, 11) is 0. The molecule has 0 heterocycles. The van der Waals surface area contributed by atoms with E-state index in [4.69, 9.17) is 11.6 Å². The van der Waals surface area contributed by atoms with Gasteiger partial charge in [0.2, 0.25) is 0 Å². The lowest BCUT2D eigenvalue weighted by Gasteiger charge is -2.05. The predicted octanol–water partition coefficient (Wildman–Crippen LogP) is 3.79. The summed E-state index contributed by atoms with van der Waals surface area (Å²) in [4.78, 5) is 0. The molecular formula is C14H13ClN. The zero-order chi connectivity index (χ0) is 11.2. The highest BCUT2D eigenvalue weighted by molar-refractivity contribution is 6.30. The van der Waals surface area contributed by atoms with Crippen molar-refractivity contribution in [3.63, 3.8) is 0 Å². The average Bonchev–Trinajstić information content (AvgIpc) is 2.33.